The van der Waals surface area contributed by atoms with Crippen LogP contribution in [-0.4, -0.2) is 65.4 Å². The van der Waals surface area contributed by atoms with Gasteiger partial charge in [0, 0.05) is 36.3 Å². The molecule has 4 aromatic rings. The first-order valence-corrected chi connectivity index (χ1v) is 9.56. The summed E-state index contributed by atoms with van der Waals surface area (Å²) in [5.74, 6) is 1.58. The molecular formula is C21H24N6O. The van der Waals surface area contributed by atoms with Gasteiger partial charge in [0.05, 0.1) is 23.7 Å². The van der Waals surface area contributed by atoms with Gasteiger partial charge in [-0.05, 0) is 50.8 Å². The molecule has 0 bridgehead atoms. The number of methoxy groups -OCH3 is 1. The van der Waals surface area contributed by atoms with Gasteiger partial charge in [-0.1, -0.05) is 0 Å². The first-order chi connectivity index (χ1) is 13.6. The van der Waals surface area contributed by atoms with Crippen LogP contribution in [0.1, 0.15) is 6.42 Å². The molecule has 2 aromatic carbocycles. The molecule has 7 heteroatoms. The molecule has 1 unspecified atom stereocenters. The summed E-state index contributed by atoms with van der Waals surface area (Å²) in [5.41, 5.74) is 4.98. The van der Waals surface area contributed by atoms with Crippen molar-refractivity contribution >= 4 is 27.6 Å². The minimum Gasteiger partial charge on any atom is -0.497 e. The summed E-state index contributed by atoms with van der Waals surface area (Å²) in [6, 6.07) is 13.0. The minimum absolute atomic E-state index is 0.612. The summed E-state index contributed by atoms with van der Waals surface area (Å²) < 4.78 is 5.29. The van der Waals surface area contributed by atoms with E-state index in [1.807, 2.05) is 18.2 Å². The number of likely N-dealkylation sites (N-methyl/N-ethyl adjacent to an activating group) is 1. The van der Waals surface area contributed by atoms with Crippen LogP contribution in [0.5, 0.6) is 5.75 Å². The maximum atomic E-state index is 5.29. The number of hydrogen-bond acceptors (Lipinski definition) is 5. The number of anilines is 1. The van der Waals surface area contributed by atoms with Gasteiger partial charge in [-0.3, -0.25) is 5.10 Å². The van der Waals surface area contributed by atoms with Crippen molar-refractivity contribution in [3.05, 3.63) is 36.4 Å². The lowest BCUT2D eigenvalue weighted by atomic mass is 10.2. The maximum absolute atomic E-state index is 5.29. The van der Waals surface area contributed by atoms with Gasteiger partial charge >= 0.3 is 0 Å². The Hall–Kier alpha value is -3.06. The predicted molar refractivity (Wildman–Crippen MR) is 112 cm³/mol. The largest absolute Gasteiger partial charge is 0.497 e. The van der Waals surface area contributed by atoms with Crippen molar-refractivity contribution in [2.45, 2.75) is 12.5 Å². The van der Waals surface area contributed by atoms with Crippen molar-refractivity contribution in [2.75, 3.05) is 39.2 Å². The van der Waals surface area contributed by atoms with Crippen molar-refractivity contribution in [1.82, 2.24) is 25.1 Å². The normalized spacial score (nSPS) is 17.3. The quantitative estimate of drug-likeness (QED) is 0.572. The molecule has 1 aliphatic rings. The highest BCUT2D eigenvalue weighted by molar-refractivity contribution is 5.94. The van der Waals surface area contributed by atoms with E-state index in [-0.39, 0.29) is 0 Å². The number of ether oxygens (including phenoxy) is 1. The number of rotatable bonds is 4. The number of aromatic nitrogens is 4. The van der Waals surface area contributed by atoms with Crippen LogP contribution < -0.4 is 9.64 Å². The van der Waals surface area contributed by atoms with Crippen LogP contribution >= 0.6 is 0 Å². The Kier molecular flexibility index (Phi) is 3.98. The van der Waals surface area contributed by atoms with Gasteiger partial charge in [0.15, 0.2) is 5.82 Å². The van der Waals surface area contributed by atoms with E-state index >= 15 is 0 Å². The number of imidazole rings is 1. The zero-order valence-corrected chi connectivity index (χ0v) is 16.4. The van der Waals surface area contributed by atoms with Crippen molar-refractivity contribution in [2.24, 2.45) is 0 Å². The Balaban J connectivity index is 1.49. The zero-order valence-electron chi connectivity index (χ0n) is 16.4. The third-order valence-corrected chi connectivity index (χ3v) is 5.72. The Labute approximate surface area is 163 Å². The fourth-order valence-electron chi connectivity index (χ4n) is 4.01. The van der Waals surface area contributed by atoms with Crippen LogP contribution in [0.15, 0.2) is 36.4 Å². The second-order valence-corrected chi connectivity index (χ2v) is 7.62. The van der Waals surface area contributed by atoms with Gasteiger partial charge in [0.2, 0.25) is 0 Å². The van der Waals surface area contributed by atoms with Crippen molar-refractivity contribution < 1.29 is 4.74 Å². The number of nitrogens with one attached hydrogen (secondary N) is 2. The molecule has 1 fully saturated rings. The second-order valence-electron chi connectivity index (χ2n) is 7.62. The van der Waals surface area contributed by atoms with Crippen molar-refractivity contribution in [3.8, 4) is 17.3 Å². The topological polar surface area (TPSA) is 73.1 Å². The molecule has 3 heterocycles. The summed E-state index contributed by atoms with van der Waals surface area (Å²) >= 11 is 0. The van der Waals surface area contributed by atoms with Crippen LogP contribution in [0.4, 0.5) is 5.69 Å². The van der Waals surface area contributed by atoms with E-state index in [0.717, 1.165) is 52.3 Å². The van der Waals surface area contributed by atoms with Gasteiger partial charge in [-0.25, -0.2) is 4.98 Å². The average Bonchev–Trinajstić information content (AvgIpc) is 3.43. The highest BCUT2D eigenvalue weighted by Gasteiger charge is 2.24. The van der Waals surface area contributed by atoms with E-state index in [1.54, 1.807) is 7.11 Å². The summed E-state index contributed by atoms with van der Waals surface area (Å²) in [5, 5.41) is 8.57. The van der Waals surface area contributed by atoms with E-state index in [9.17, 15) is 0 Å². The van der Waals surface area contributed by atoms with Crippen molar-refractivity contribution in [1.29, 1.82) is 0 Å². The molecule has 1 saturated heterocycles. The van der Waals surface area contributed by atoms with Crippen LogP contribution in [0, 0.1) is 0 Å². The fourth-order valence-corrected chi connectivity index (χ4v) is 4.01. The molecule has 2 N–H and O–H groups in total. The molecule has 1 atom stereocenters. The molecule has 0 aliphatic carbocycles. The van der Waals surface area contributed by atoms with Gasteiger partial charge < -0.3 is 19.5 Å². The van der Waals surface area contributed by atoms with Crippen LogP contribution in [-0.2, 0) is 0 Å². The fraction of sp³-hybridized carbons (Fsp3) is 0.333. The van der Waals surface area contributed by atoms with E-state index < -0.39 is 0 Å². The average molecular weight is 376 g/mol. The number of fused-ring (bicyclic) bond motifs is 2. The van der Waals surface area contributed by atoms with E-state index in [1.165, 1.54) is 12.1 Å². The van der Waals surface area contributed by atoms with Crippen LogP contribution in [0.25, 0.3) is 33.5 Å². The summed E-state index contributed by atoms with van der Waals surface area (Å²) in [6.45, 7) is 2.15. The van der Waals surface area contributed by atoms with Gasteiger partial charge in [-0.15, -0.1) is 0 Å². The molecule has 0 amide bonds. The summed E-state index contributed by atoms with van der Waals surface area (Å²) in [4.78, 5) is 13.0. The third-order valence-electron chi connectivity index (χ3n) is 5.72. The lowest BCUT2D eigenvalue weighted by Crippen LogP contribution is -2.31. The monoisotopic (exact) mass is 376 g/mol. The van der Waals surface area contributed by atoms with E-state index in [2.05, 4.69) is 57.3 Å². The first-order valence-electron chi connectivity index (χ1n) is 9.56. The number of aromatic amines is 2. The molecule has 28 heavy (non-hydrogen) atoms. The predicted octanol–water partition coefficient (Wildman–Crippen LogP) is 3.26. The molecule has 7 nitrogen and oxygen atoms in total. The second kappa shape index (κ2) is 6.53. The Morgan fingerprint density at radius 2 is 2.04 bits per heavy atom. The summed E-state index contributed by atoms with van der Waals surface area (Å²) in [7, 11) is 5.97. The van der Waals surface area contributed by atoms with E-state index in [4.69, 9.17) is 9.72 Å². The lowest BCUT2D eigenvalue weighted by Gasteiger charge is -2.21. The standard InChI is InChI=1S/C21H24N6O/c1-26(2)14-8-9-27(12-14)13-4-7-17-19(10-13)23-21(22-17)20-16-6-5-15(28-3)11-18(16)24-25-20/h4-7,10-11,14H,8-9,12H2,1-3H3,(H,22,23)(H,24,25). The van der Waals surface area contributed by atoms with Crippen LogP contribution in [0.3, 0.4) is 0 Å². The van der Waals surface area contributed by atoms with Crippen LogP contribution in [0.2, 0.25) is 0 Å². The molecule has 5 rings (SSSR count). The van der Waals surface area contributed by atoms with Crippen molar-refractivity contribution in [3.63, 3.8) is 0 Å². The molecule has 2 aromatic heterocycles. The molecule has 1 aliphatic heterocycles. The highest BCUT2D eigenvalue weighted by Crippen LogP contribution is 2.30. The molecular weight excluding hydrogens is 352 g/mol. The highest BCUT2D eigenvalue weighted by atomic mass is 16.5. The van der Waals surface area contributed by atoms with E-state index in [0.29, 0.717) is 6.04 Å². The third kappa shape index (κ3) is 2.79. The molecule has 0 radical (unpaired) electrons. The first kappa shape index (κ1) is 17.1. The Morgan fingerprint density at radius 1 is 1.14 bits per heavy atom. The molecule has 0 saturated carbocycles. The Morgan fingerprint density at radius 3 is 2.82 bits per heavy atom. The lowest BCUT2D eigenvalue weighted by molar-refractivity contribution is 0.315. The van der Waals surface area contributed by atoms with Gasteiger partial charge in [0.1, 0.15) is 11.4 Å². The number of H-pyrrole nitrogens is 2. The SMILES string of the molecule is COc1ccc2c(-c3nc4ccc(N5CCC(N(C)C)C5)cc4[nH]3)n[nH]c2c1. The summed E-state index contributed by atoms with van der Waals surface area (Å²) in [6.07, 6.45) is 1.20. The molecule has 144 valence electrons. The number of hydrogen-bond donors (Lipinski definition) is 2. The molecule has 0 spiro atoms. The zero-order chi connectivity index (χ0) is 19.3. The maximum Gasteiger partial charge on any atom is 0.159 e. The minimum atomic E-state index is 0.612. The smallest absolute Gasteiger partial charge is 0.159 e. The number of benzene rings is 2. The van der Waals surface area contributed by atoms with Gasteiger partial charge in [0.25, 0.3) is 0 Å². The number of nitrogens with zero attached hydrogens (tertiary/aromatic N) is 4. The Bertz CT molecular complexity index is 1140. The van der Waals surface area contributed by atoms with Gasteiger partial charge in [-0.2, -0.15) is 5.10 Å².